The zero-order chi connectivity index (χ0) is 15.1. The fourth-order valence-corrected chi connectivity index (χ4v) is 1.47. The van der Waals surface area contributed by atoms with Crippen molar-refractivity contribution in [2.75, 3.05) is 37.4 Å². The number of anilines is 2. The Hall–Kier alpha value is -2.45. The van der Waals surface area contributed by atoms with Crippen molar-refractivity contribution in [1.82, 2.24) is 15.3 Å². The highest BCUT2D eigenvalue weighted by Gasteiger charge is 2.21. The van der Waals surface area contributed by atoms with Crippen LogP contribution in [0.2, 0.25) is 0 Å². The SMILES string of the molecule is CCCNc1ncc([N+](=O)[O-])c(N(C)CC(=O)NC)n1. The minimum atomic E-state index is -0.570. The van der Waals surface area contributed by atoms with E-state index in [9.17, 15) is 14.9 Å². The van der Waals surface area contributed by atoms with Crippen molar-refractivity contribution in [2.24, 2.45) is 0 Å². The van der Waals surface area contributed by atoms with Gasteiger partial charge in [-0.15, -0.1) is 0 Å². The number of hydrogen-bond donors (Lipinski definition) is 2. The summed E-state index contributed by atoms with van der Waals surface area (Å²) in [5.41, 5.74) is -0.238. The van der Waals surface area contributed by atoms with Gasteiger partial charge in [0.05, 0.1) is 11.5 Å². The van der Waals surface area contributed by atoms with E-state index >= 15 is 0 Å². The maximum absolute atomic E-state index is 11.4. The van der Waals surface area contributed by atoms with Gasteiger partial charge in [0.15, 0.2) is 0 Å². The molecule has 0 aromatic carbocycles. The van der Waals surface area contributed by atoms with E-state index in [1.807, 2.05) is 6.92 Å². The molecule has 0 saturated carbocycles. The van der Waals surface area contributed by atoms with Gasteiger partial charge in [0.1, 0.15) is 6.20 Å². The summed E-state index contributed by atoms with van der Waals surface area (Å²) >= 11 is 0. The van der Waals surface area contributed by atoms with Gasteiger partial charge in [-0.3, -0.25) is 14.9 Å². The van der Waals surface area contributed by atoms with Crippen LogP contribution in [0, 0.1) is 10.1 Å². The Morgan fingerprint density at radius 2 is 2.25 bits per heavy atom. The maximum atomic E-state index is 11.4. The van der Waals surface area contributed by atoms with E-state index in [0.29, 0.717) is 12.5 Å². The topological polar surface area (TPSA) is 113 Å². The van der Waals surface area contributed by atoms with Crippen LogP contribution in [-0.2, 0) is 4.79 Å². The molecule has 0 atom stereocenters. The number of nitrogens with zero attached hydrogens (tertiary/aromatic N) is 4. The first-order chi connectivity index (χ1) is 9.49. The lowest BCUT2D eigenvalue weighted by molar-refractivity contribution is -0.384. The number of amides is 1. The van der Waals surface area contributed by atoms with E-state index in [1.165, 1.54) is 11.9 Å². The highest BCUT2D eigenvalue weighted by Crippen LogP contribution is 2.24. The van der Waals surface area contributed by atoms with Crippen molar-refractivity contribution in [3.63, 3.8) is 0 Å². The number of nitrogens with one attached hydrogen (secondary N) is 2. The highest BCUT2D eigenvalue weighted by atomic mass is 16.6. The predicted molar refractivity (Wildman–Crippen MR) is 74.8 cm³/mol. The molecule has 1 amide bonds. The Balaban J connectivity index is 3.04. The summed E-state index contributed by atoms with van der Waals surface area (Å²) in [5.74, 6) is 0.145. The average molecular weight is 282 g/mol. The smallest absolute Gasteiger partial charge is 0.329 e. The van der Waals surface area contributed by atoms with Gasteiger partial charge in [-0.05, 0) is 6.42 Å². The van der Waals surface area contributed by atoms with Crippen LogP contribution in [-0.4, -0.2) is 48.0 Å². The molecule has 0 aliphatic carbocycles. The summed E-state index contributed by atoms with van der Waals surface area (Å²) in [6.07, 6.45) is 2.02. The van der Waals surface area contributed by atoms with E-state index in [1.54, 1.807) is 7.05 Å². The summed E-state index contributed by atoms with van der Waals surface area (Å²) in [6, 6.07) is 0. The molecule has 110 valence electrons. The fraction of sp³-hybridized carbons (Fsp3) is 0.545. The van der Waals surface area contributed by atoms with Gasteiger partial charge < -0.3 is 15.5 Å². The number of hydrogen-bond acceptors (Lipinski definition) is 7. The lowest BCUT2D eigenvalue weighted by Crippen LogP contribution is -2.33. The van der Waals surface area contributed by atoms with E-state index in [-0.39, 0.29) is 24.0 Å². The summed E-state index contributed by atoms with van der Waals surface area (Å²) in [6.45, 7) is 2.62. The second-order valence-corrected chi connectivity index (χ2v) is 4.12. The molecular formula is C11H18N6O3. The van der Waals surface area contributed by atoms with E-state index in [2.05, 4.69) is 20.6 Å². The molecule has 0 radical (unpaired) electrons. The summed E-state index contributed by atoms with van der Waals surface area (Å²) in [4.78, 5) is 31.2. The minimum absolute atomic E-state index is 0.0262. The first-order valence-corrected chi connectivity index (χ1v) is 6.16. The van der Waals surface area contributed by atoms with Crippen LogP contribution >= 0.6 is 0 Å². The number of rotatable bonds is 7. The first kappa shape index (κ1) is 15.6. The van der Waals surface area contributed by atoms with Crippen molar-refractivity contribution in [3.05, 3.63) is 16.3 Å². The van der Waals surface area contributed by atoms with E-state index in [4.69, 9.17) is 0 Å². The molecule has 0 aliphatic rings. The van der Waals surface area contributed by atoms with Gasteiger partial charge in [-0.25, -0.2) is 4.98 Å². The second-order valence-electron chi connectivity index (χ2n) is 4.12. The van der Waals surface area contributed by atoms with Crippen molar-refractivity contribution in [2.45, 2.75) is 13.3 Å². The van der Waals surface area contributed by atoms with Crippen LogP contribution in [0.4, 0.5) is 17.5 Å². The van der Waals surface area contributed by atoms with Gasteiger partial charge in [0, 0.05) is 20.6 Å². The van der Waals surface area contributed by atoms with Gasteiger partial charge in [0.25, 0.3) is 0 Å². The van der Waals surface area contributed by atoms with E-state index in [0.717, 1.165) is 12.6 Å². The van der Waals surface area contributed by atoms with Crippen molar-refractivity contribution < 1.29 is 9.72 Å². The van der Waals surface area contributed by atoms with Crippen molar-refractivity contribution >= 4 is 23.4 Å². The normalized spacial score (nSPS) is 9.95. The zero-order valence-corrected chi connectivity index (χ0v) is 11.7. The number of carbonyl (C=O) groups is 1. The van der Waals surface area contributed by atoms with E-state index < -0.39 is 4.92 Å². The number of aromatic nitrogens is 2. The molecule has 0 spiro atoms. The highest BCUT2D eigenvalue weighted by molar-refractivity contribution is 5.81. The minimum Gasteiger partial charge on any atom is -0.358 e. The van der Waals surface area contributed by atoms with Crippen LogP contribution in [0.5, 0.6) is 0 Å². The Kier molecular flexibility index (Phi) is 5.63. The summed E-state index contributed by atoms with van der Waals surface area (Å²) in [7, 11) is 3.06. The van der Waals surface area contributed by atoms with Gasteiger partial charge in [-0.2, -0.15) is 4.98 Å². The van der Waals surface area contributed by atoms with Crippen LogP contribution in [0.15, 0.2) is 6.20 Å². The molecule has 9 nitrogen and oxygen atoms in total. The summed E-state index contributed by atoms with van der Waals surface area (Å²) < 4.78 is 0. The third-order valence-electron chi connectivity index (χ3n) is 2.50. The Morgan fingerprint density at radius 3 is 2.80 bits per heavy atom. The third kappa shape index (κ3) is 4.04. The molecule has 20 heavy (non-hydrogen) atoms. The van der Waals surface area contributed by atoms with Gasteiger partial charge in [0.2, 0.25) is 17.7 Å². The Bertz CT molecular complexity index is 493. The quantitative estimate of drug-likeness (QED) is 0.549. The molecule has 0 fully saturated rings. The van der Waals surface area contributed by atoms with Crippen LogP contribution in [0.1, 0.15) is 13.3 Å². The monoisotopic (exact) mass is 282 g/mol. The van der Waals surface area contributed by atoms with Gasteiger partial charge in [-0.1, -0.05) is 6.92 Å². The molecule has 1 aromatic heterocycles. The molecule has 1 heterocycles. The molecule has 0 aliphatic heterocycles. The Labute approximate surface area is 116 Å². The average Bonchev–Trinajstić information content (AvgIpc) is 2.44. The molecule has 1 rings (SSSR count). The molecule has 2 N–H and O–H groups in total. The molecule has 0 unspecified atom stereocenters. The number of likely N-dealkylation sites (N-methyl/N-ethyl adjacent to an activating group) is 2. The third-order valence-corrected chi connectivity index (χ3v) is 2.50. The predicted octanol–water partition coefficient (Wildman–Crippen LogP) is 0.389. The first-order valence-electron chi connectivity index (χ1n) is 6.16. The molecule has 0 saturated heterocycles. The summed E-state index contributed by atoms with van der Waals surface area (Å²) in [5, 5.41) is 16.4. The van der Waals surface area contributed by atoms with Gasteiger partial charge >= 0.3 is 5.69 Å². The zero-order valence-electron chi connectivity index (χ0n) is 11.7. The standard InChI is InChI=1S/C11H18N6O3/c1-4-5-13-11-14-6-8(17(19)20)10(15-11)16(3)7-9(18)12-2/h6H,4-5,7H2,1-3H3,(H,12,18)(H,13,14,15). The molecule has 0 bridgehead atoms. The van der Waals surface area contributed by atoms with Crippen LogP contribution < -0.4 is 15.5 Å². The van der Waals surface area contributed by atoms with Crippen LogP contribution in [0.25, 0.3) is 0 Å². The number of nitro groups is 1. The Morgan fingerprint density at radius 1 is 1.55 bits per heavy atom. The van der Waals surface area contributed by atoms with Crippen molar-refractivity contribution in [1.29, 1.82) is 0 Å². The number of carbonyl (C=O) groups excluding carboxylic acids is 1. The molecule has 1 aromatic rings. The fourth-order valence-electron chi connectivity index (χ4n) is 1.47. The molecular weight excluding hydrogens is 264 g/mol. The lowest BCUT2D eigenvalue weighted by atomic mass is 10.4. The lowest BCUT2D eigenvalue weighted by Gasteiger charge is -2.17. The van der Waals surface area contributed by atoms with Crippen LogP contribution in [0.3, 0.4) is 0 Å². The second kappa shape index (κ2) is 7.22. The van der Waals surface area contributed by atoms with Crippen molar-refractivity contribution in [3.8, 4) is 0 Å². The maximum Gasteiger partial charge on any atom is 0.329 e. The largest absolute Gasteiger partial charge is 0.358 e. The molecule has 9 heteroatoms.